The molecule has 2 aliphatic heterocycles. The van der Waals surface area contributed by atoms with Crippen LogP contribution in [0.1, 0.15) is 114 Å². The minimum atomic E-state index is -0.847. The van der Waals surface area contributed by atoms with Gasteiger partial charge in [-0.2, -0.15) is 0 Å². The second-order valence-corrected chi connectivity index (χ2v) is 14.9. The first-order valence-electron chi connectivity index (χ1n) is 17.2. The van der Waals surface area contributed by atoms with Crippen molar-refractivity contribution in [2.75, 3.05) is 28.2 Å². The molecule has 1 aromatic heterocycles. The average Bonchev–Trinajstić information content (AvgIpc) is 3.05. The monoisotopic (exact) mass is 688 g/mol. The lowest BCUT2D eigenvalue weighted by atomic mass is 9.74. The van der Waals surface area contributed by atoms with Crippen molar-refractivity contribution >= 4 is 28.1 Å². The minimum Gasteiger partial charge on any atom is -0.507 e. The molecule has 1 aliphatic carbocycles. The van der Waals surface area contributed by atoms with E-state index in [1.165, 1.54) is 6.07 Å². The van der Waals surface area contributed by atoms with E-state index in [1.54, 1.807) is 52.8 Å². The van der Waals surface area contributed by atoms with Crippen LogP contribution in [-0.2, 0) is 9.47 Å². The molecule has 3 aromatic rings. The number of carbonyl (C=O) groups is 2. The van der Waals surface area contributed by atoms with Gasteiger partial charge in [0.25, 0.3) is 0 Å². The van der Waals surface area contributed by atoms with Crippen molar-refractivity contribution in [1.29, 1.82) is 0 Å². The number of hydrogen-bond acceptors (Lipinski definition) is 11. The highest BCUT2D eigenvalue weighted by atomic mass is 16.5. The van der Waals surface area contributed by atoms with E-state index >= 15 is 0 Å². The molecule has 268 valence electrons. The number of allylic oxidation sites excluding steroid dienone is 2. The third kappa shape index (κ3) is 5.46. The molecule has 11 heteroatoms. The van der Waals surface area contributed by atoms with Crippen LogP contribution in [-0.4, -0.2) is 101 Å². The Labute approximate surface area is 292 Å². The van der Waals surface area contributed by atoms with Crippen molar-refractivity contribution in [2.45, 2.75) is 103 Å². The fourth-order valence-corrected chi connectivity index (χ4v) is 8.00. The van der Waals surface area contributed by atoms with Gasteiger partial charge in [-0.1, -0.05) is 6.08 Å². The van der Waals surface area contributed by atoms with Crippen molar-refractivity contribution < 1.29 is 38.8 Å². The first kappa shape index (κ1) is 36.1. The molecule has 6 rings (SSSR count). The van der Waals surface area contributed by atoms with E-state index < -0.39 is 59.5 Å². The largest absolute Gasteiger partial charge is 0.507 e. The Morgan fingerprint density at radius 1 is 0.920 bits per heavy atom. The molecule has 0 bridgehead atoms. The number of phenolic OH excluding ortho intramolecular Hbond substituents is 1. The van der Waals surface area contributed by atoms with Gasteiger partial charge in [-0.05, 0) is 111 Å². The summed E-state index contributed by atoms with van der Waals surface area (Å²) in [6.45, 7) is 10.7. The molecule has 0 radical (unpaired) electrons. The van der Waals surface area contributed by atoms with Crippen LogP contribution in [0.25, 0.3) is 16.5 Å². The van der Waals surface area contributed by atoms with E-state index in [-0.39, 0.29) is 62.4 Å². The third-order valence-corrected chi connectivity index (χ3v) is 11.5. The second kappa shape index (κ2) is 12.8. The van der Waals surface area contributed by atoms with Gasteiger partial charge < -0.3 is 39.0 Å². The van der Waals surface area contributed by atoms with Gasteiger partial charge in [-0.25, -0.2) is 0 Å². The molecule has 0 spiro atoms. The number of aliphatic hydroxyl groups excluding tert-OH is 2. The van der Waals surface area contributed by atoms with Crippen LogP contribution in [0.2, 0.25) is 0 Å². The number of hydrogen-bond donors (Lipinski definition) is 3. The quantitative estimate of drug-likeness (QED) is 0.268. The normalized spacial score (nSPS) is 30.3. The van der Waals surface area contributed by atoms with Gasteiger partial charge in [0.15, 0.2) is 16.8 Å². The minimum absolute atomic E-state index is 0.0102. The summed E-state index contributed by atoms with van der Waals surface area (Å²) in [7, 11) is 7.46. The predicted octanol–water partition coefficient (Wildman–Crippen LogP) is 4.68. The number of benzene rings is 2. The van der Waals surface area contributed by atoms with E-state index in [0.29, 0.717) is 23.1 Å². The van der Waals surface area contributed by atoms with Gasteiger partial charge in [0.1, 0.15) is 11.5 Å². The summed E-state index contributed by atoms with van der Waals surface area (Å²) in [4.78, 5) is 47.0. The Hall–Kier alpha value is -3.71. The van der Waals surface area contributed by atoms with E-state index in [2.05, 4.69) is 0 Å². The topological polar surface area (TPSA) is 150 Å². The fourth-order valence-electron chi connectivity index (χ4n) is 8.00. The van der Waals surface area contributed by atoms with Crippen molar-refractivity contribution in [3.05, 3.63) is 79.2 Å². The number of ether oxygens (including phenoxy) is 2. The third-order valence-electron chi connectivity index (χ3n) is 11.5. The number of fused-ring (bicyclic) bond motifs is 4. The highest BCUT2D eigenvalue weighted by Gasteiger charge is 2.49. The Bertz CT molecular complexity index is 2000. The number of aromatic hydroxyl groups is 1. The molecule has 3 aliphatic rings. The van der Waals surface area contributed by atoms with Gasteiger partial charge in [-0.15, -0.1) is 0 Å². The maximum atomic E-state index is 14.9. The lowest BCUT2D eigenvalue weighted by Gasteiger charge is -2.49. The Kier molecular flexibility index (Phi) is 9.24. The number of nitrogens with zero attached hydrogens (tertiary/aromatic N) is 2. The summed E-state index contributed by atoms with van der Waals surface area (Å²) < 4.78 is 19.0. The first-order chi connectivity index (χ1) is 23.4. The highest BCUT2D eigenvalue weighted by Crippen LogP contribution is 2.49. The van der Waals surface area contributed by atoms with Crippen molar-refractivity contribution in [3.8, 4) is 5.75 Å². The van der Waals surface area contributed by atoms with E-state index in [4.69, 9.17) is 13.9 Å². The molecule has 2 saturated heterocycles. The zero-order valence-corrected chi connectivity index (χ0v) is 30.5. The van der Waals surface area contributed by atoms with Crippen LogP contribution >= 0.6 is 0 Å². The summed E-state index contributed by atoms with van der Waals surface area (Å²) in [6.07, 6.45) is -2.05. The molecule has 50 heavy (non-hydrogen) atoms. The van der Waals surface area contributed by atoms with Crippen molar-refractivity contribution in [2.24, 2.45) is 0 Å². The molecule has 11 nitrogen and oxygen atoms in total. The summed E-state index contributed by atoms with van der Waals surface area (Å²) in [6, 6.07) is 4.29. The molecular formula is C39H48N2O9. The van der Waals surface area contributed by atoms with Gasteiger partial charge in [-0.3, -0.25) is 14.4 Å². The maximum Gasteiger partial charge on any atom is 0.202 e. The number of phenols is 1. The van der Waals surface area contributed by atoms with Crippen LogP contribution in [0.3, 0.4) is 0 Å². The van der Waals surface area contributed by atoms with Gasteiger partial charge in [0, 0.05) is 34.3 Å². The van der Waals surface area contributed by atoms with Gasteiger partial charge >= 0.3 is 0 Å². The van der Waals surface area contributed by atoms with Crippen molar-refractivity contribution in [3.63, 3.8) is 0 Å². The van der Waals surface area contributed by atoms with E-state index in [0.717, 1.165) is 0 Å². The number of likely N-dealkylation sites (N-methyl/N-ethyl adjacent to an activating group) is 2. The fraction of sp³-hybridized carbons (Fsp3) is 0.513. The predicted molar refractivity (Wildman–Crippen MR) is 189 cm³/mol. The molecule has 3 heterocycles. The second-order valence-electron chi connectivity index (χ2n) is 14.9. The zero-order valence-electron chi connectivity index (χ0n) is 30.5. The summed E-state index contributed by atoms with van der Waals surface area (Å²) in [5, 5.41) is 34.5. The summed E-state index contributed by atoms with van der Waals surface area (Å²) in [5.41, 5.74) is 0.492. The average molecular weight is 689 g/mol. The van der Waals surface area contributed by atoms with Crippen LogP contribution in [0.5, 0.6) is 5.75 Å². The number of carbonyl (C=O) groups excluding carboxylic acids is 2. The van der Waals surface area contributed by atoms with Gasteiger partial charge in [0.05, 0.1) is 53.1 Å². The molecule has 0 amide bonds. The van der Waals surface area contributed by atoms with E-state index in [1.807, 2.05) is 44.9 Å². The Morgan fingerprint density at radius 3 is 2.20 bits per heavy atom. The lowest BCUT2D eigenvalue weighted by molar-refractivity contribution is -0.176. The molecule has 0 unspecified atom stereocenters. The molecular weight excluding hydrogens is 640 g/mol. The summed E-state index contributed by atoms with van der Waals surface area (Å²) >= 11 is 0. The summed E-state index contributed by atoms with van der Waals surface area (Å²) in [5.74, 6) is -1.31. The van der Waals surface area contributed by atoms with Crippen LogP contribution < -0.4 is 5.43 Å². The molecule has 3 N–H and O–H groups in total. The zero-order chi connectivity index (χ0) is 36.7. The van der Waals surface area contributed by atoms with Crippen LogP contribution in [0.15, 0.2) is 33.5 Å². The maximum absolute atomic E-state index is 14.9. The standard InChI is InChI=1S/C39H48N2O9/c1-11-17(2)26-15-25(42)29-18(3)12-23-31(37(29)50-26)36(46)32-30(35(23)45)21(27-14-24(40(7)8)33(43)19(4)48-27)13-22(34(32)44)28-16-39(6,41(9)10)38(47)20(5)49-28/h11-13,15,19-20,24,27-28,33,38,43-44,47H,14,16H2,1-10H3/b17-11+/t19-,20-,24-,27-,28+,33+,38+,39+/m0/s1. The number of rotatable bonds is 5. The van der Waals surface area contributed by atoms with Gasteiger partial charge in [0.2, 0.25) is 5.78 Å². The smallest absolute Gasteiger partial charge is 0.202 e. The first-order valence-corrected chi connectivity index (χ1v) is 17.2. The lowest BCUT2D eigenvalue weighted by Crippen LogP contribution is -2.59. The number of aryl methyl sites for hydroxylation is 1. The van der Waals surface area contributed by atoms with Crippen molar-refractivity contribution in [1.82, 2.24) is 9.80 Å². The molecule has 2 fully saturated rings. The molecule has 2 aromatic carbocycles. The van der Waals surface area contributed by atoms with Crippen LogP contribution in [0, 0.1) is 6.92 Å². The Balaban J connectivity index is 1.65. The highest BCUT2D eigenvalue weighted by molar-refractivity contribution is 6.33. The Morgan fingerprint density at radius 2 is 1.58 bits per heavy atom. The number of aliphatic hydroxyl groups is 2. The SMILES string of the molecule is C/C=C(\C)c1cc(=O)c2c(C)cc3c(c2o1)C(=O)c1c(O)c([C@H]2C[C@@](C)(N(C)C)[C@H](O)[C@H](C)O2)cc([C@@H]2C[C@H](N(C)C)[C@H](O)[C@H](C)O2)c1C3=O. The molecule has 8 atom stereocenters. The molecule has 0 saturated carbocycles. The number of ketones is 2. The van der Waals surface area contributed by atoms with E-state index in [9.17, 15) is 29.7 Å². The van der Waals surface area contributed by atoms with Crippen LogP contribution in [0.4, 0.5) is 0 Å².